The molecule has 0 aromatic carbocycles. The number of nitrogens with zero attached hydrogens (tertiary/aromatic N) is 1. The zero-order valence-electron chi connectivity index (χ0n) is 24.6. The first-order valence-corrected chi connectivity index (χ1v) is 17.6. The molecule has 1 unspecified atom stereocenters. The lowest BCUT2D eigenvalue weighted by molar-refractivity contribution is -0.870. The van der Waals surface area contributed by atoms with Gasteiger partial charge in [0.25, 0.3) is 0 Å². The Morgan fingerprint density at radius 3 is 1.38 bits per heavy atom. The summed E-state index contributed by atoms with van der Waals surface area (Å²) in [4.78, 5) is 8.52. The van der Waals surface area contributed by atoms with E-state index >= 15 is 0 Å². The molecule has 0 saturated carbocycles. The van der Waals surface area contributed by atoms with Crippen molar-refractivity contribution < 1.29 is 37.5 Å². The first-order chi connectivity index (χ1) is 17.0. The van der Waals surface area contributed by atoms with Crippen LogP contribution in [0.2, 0.25) is 0 Å². The lowest BCUT2D eigenvalue weighted by Gasteiger charge is -2.22. The second-order valence-electron chi connectivity index (χ2n) is 11.0. The second-order valence-corrected chi connectivity index (χ2v) is 14.1. The molecule has 0 aromatic heterocycles. The van der Waals surface area contributed by atoms with E-state index < -0.39 is 18.1 Å². The van der Waals surface area contributed by atoms with E-state index in [0.717, 1.165) is 36.7 Å². The molecule has 0 aliphatic carbocycles. The number of aliphatic hydroxyl groups excluding tert-OH is 1. The topological polar surface area (TPSA) is 131 Å². The average Bonchev–Trinajstić information content (AvgIpc) is 2.80. The quantitative estimate of drug-likeness (QED) is 0.0736. The van der Waals surface area contributed by atoms with Crippen LogP contribution in [0, 0.1) is 0 Å². The van der Waals surface area contributed by atoms with Gasteiger partial charge in [0, 0.05) is 13.0 Å². The molecule has 0 amide bonds. The highest BCUT2D eigenvalue weighted by Gasteiger charge is 2.10. The van der Waals surface area contributed by atoms with Crippen molar-refractivity contribution in [1.82, 2.24) is 0 Å². The number of sulfone groups is 1. The molecule has 8 nitrogen and oxygen atoms in total. The van der Waals surface area contributed by atoms with Crippen LogP contribution in [-0.4, -0.2) is 80.8 Å². The number of quaternary nitrogens is 1. The number of hydrogen-bond donors (Lipinski definition) is 2. The molecule has 37 heavy (non-hydrogen) atoms. The normalized spacial score (nSPS) is 12.5. The van der Waals surface area contributed by atoms with E-state index in [1.165, 1.54) is 83.5 Å². The Kier molecular flexibility index (Phi) is 32.5. The van der Waals surface area contributed by atoms with E-state index in [-0.39, 0.29) is 30.0 Å². The molecule has 3 N–H and O–H groups in total. The van der Waals surface area contributed by atoms with Gasteiger partial charge in [-0.1, -0.05) is 103 Å². The monoisotopic (exact) mass is 575 g/mol. The molecule has 0 aliphatic heterocycles. The third kappa shape index (κ3) is 40.6. The first-order valence-electron chi connectivity index (χ1n) is 14.5. The van der Waals surface area contributed by atoms with Crippen LogP contribution < -0.4 is 0 Å². The predicted octanol–water partition coefficient (Wildman–Crippen LogP) is 6.35. The smallest absolute Gasteiger partial charge is 0.316 e. The van der Waals surface area contributed by atoms with E-state index in [1.807, 2.05) is 0 Å². The van der Waals surface area contributed by atoms with Crippen LogP contribution in [0.5, 0.6) is 0 Å². The van der Waals surface area contributed by atoms with Crippen molar-refractivity contribution >= 4 is 18.1 Å². The van der Waals surface area contributed by atoms with E-state index in [0.29, 0.717) is 6.61 Å². The number of hydrogen-bond acceptors (Lipinski definition) is 6. The Labute approximate surface area is 230 Å². The Morgan fingerprint density at radius 1 is 0.676 bits per heavy atom. The maximum atomic E-state index is 11.8. The minimum Gasteiger partial charge on any atom is -0.870 e. The number of unbranched alkanes of at least 4 members (excludes halogenated alkanes) is 15. The highest BCUT2D eigenvalue weighted by atomic mass is 32.2. The SMILES string of the molecule is CCCCCCCCCCCCCCCCCCS(=O)(=O)CCCO[PH](=O)O.C[N+](C)(C)CCCO.[OH-]. The molecule has 0 aromatic rings. The van der Waals surface area contributed by atoms with Gasteiger partial charge in [-0.3, -0.25) is 4.57 Å². The third-order valence-electron chi connectivity index (χ3n) is 6.12. The molecule has 1 atom stereocenters. The minimum atomic E-state index is -3.05. The Hall–Kier alpha value is -0.0200. The summed E-state index contributed by atoms with van der Waals surface area (Å²) in [5, 5.41) is 8.42. The van der Waals surface area contributed by atoms with Crippen molar-refractivity contribution in [3.63, 3.8) is 0 Å². The third-order valence-corrected chi connectivity index (χ3v) is 8.39. The van der Waals surface area contributed by atoms with Crippen molar-refractivity contribution in [2.75, 3.05) is 52.4 Å². The van der Waals surface area contributed by atoms with E-state index in [1.54, 1.807) is 0 Å². The van der Waals surface area contributed by atoms with Crippen molar-refractivity contribution in [2.45, 2.75) is 122 Å². The number of aliphatic hydroxyl groups is 1. The Bertz CT molecular complexity index is 584. The summed E-state index contributed by atoms with van der Waals surface area (Å²) in [7, 11) is 0.370. The van der Waals surface area contributed by atoms with Crippen molar-refractivity contribution in [3.8, 4) is 0 Å². The van der Waals surface area contributed by atoms with E-state index in [4.69, 9.17) is 10.00 Å². The molecule has 0 radical (unpaired) electrons. The van der Waals surface area contributed by atoms with E-state index in [2.05, 4.69) is 32.6 Å². The molecular formula is C27H62NO7PS. The van der Waals surface area contributed by atoms with Crippen LogP contribution in [0.1, 0.15) is 122 Å². The summed E-state index contributed by atoms with van der Waals surface area (Å²) < 4.78 is 39.5. The van der Waals surface area contributed by atoms with Crippen LogP contribution in [0.15, 0.2) is 0 Å². The Morgan fingerprint density at radius 2 is 1.05 bits per heavy atom. The van der Waals surface area contributed by atoms with Gasteiger partial charge in [0.2, 0.25) is 0 Å². The maximum Gasteiger partial charge on any atom is 0.316 e. The highest BCUT2D eigenvalue weighted by Crippen LogP contribution is 2.15. The van der Waals surface area contributed by atoms with Gasteiger partial charge in [-0.25, -0.2) is 8.42 Å². The van der Waals surface area contributed by atoms with Gasteiger partial charge in [-0.05, 0) is 12.8 Å². The van der Waals surface area contributed by atoms with Crippen LogP contribution in [0.3, 0.4) is 0 Å². The van der Waals surface area contributed by atoms with Crippen LogP contribution in [0.4, 0.5) is 0 Å². The van der Waals surface area contributed by atoms with Gasteiger partial charge in [0.15, 0.2) is 0 Å². The molecule has 0 spiro atoms. The maximum absolute atomic E-state index is 11.8. The second kappa shape index (κ2) is 29.0. The zero-order chi connectivity index (χ0) is 27.5. The summed E-state index contributed by atoms with van der Waals surface area (Å²) in [6, 6.07) is 0. The largest absolute Gasteiger partial charge is 0.870 e. The van der Waals surface area contributed by atoms with E-state index in [9.17, 15) is 13.0 Å². The van der Waals surface area contributed by atoms with Gasteiger partial charge in [-0.2, -0.15) is 0 Å². The van der Waals surface area contributed by atoms with Crippen LogP contribution in [0.25, 0.3) is 0 Å². The summed E-state index contributed by atoms with van der Waals surface area (Å²) in [5.74, 6) is 0.265. The summed E-state index contributed by atoms with van der Waals surface area (Å²) in [6.45, 7) is 3.66. The van der Waals surface area contributed by atoms with Crippen LogP contribution >= 0.6 is 8.25 Å². The molecule has 0 rings (SSSR count). The molecule has 10 heteroatoms. The van der Waals surface area contributed by atoms with Gasteiger partial charge in [0.05, 0.1) is 45.8 Å². The predicted molar refractivity (Wildman–Crippen MR) is 157 cm³/mol. The first kappa shape index (κ1) is 41.5. The zero-order valence-corrected chi connectivity index (χ0v) is 26.4. The fourth-order valence-corrected chi connectivity index (χ4v) is 5.68. The van der Waals surface area contributed by atoms with Gasteiger partial charge >= 0.3 is 8.25 Å². The number of rotatable bonds is 25. The standard InChI is InChI=1S/C21H45O5PS.C6H16NO.H2O/c1-2-3-4-5-6-7-8-9-10-11-12-13-14-15-16-17-20-28(24,25)21-18-19-26-27(22)23;1-7(2,3)5-4-6-8;/h27H,2-21H2,1H3,(H,22,23);8H,4-6H2,1-3H3;1H2/q;+1;/p-1. The highest BCUT2D eigenvalue weighted by molar-refractivity contribution is 7.91. The fraction of sp³-hybridized carbons (Fsp3) is 1.00. The van der Waals surface area contributed by atoms with Gasteiger partial charge in [0.1, 0.15) is 9.84 Å². The molecule has 0 fully saturated rings. The molecule has 0 heterocycles. The van der Waals surface area contributed by atoms with Gasteiger partial charge in [-0.15, -0.1) is 0 Å². The van der Waals surface area contributed by atoms with Crippen molar-refractivity contribution in [1.29, 1.82) is 0 Å². The lowest BCUT2D eigenvalue weighted by atomic mass is 10.0. The molecule has 0 aliphatic rings. The molecule has 0 saturated heterocycles. The summed E-state index contributed by atoms with van der Waals surface area (Å²) in [6.07, 6.45) is 21.6. The lowest BCUT2D eigenvalue weighted by Crippen LogP contribution is -2.35. The molecular weight excluding hydrogens is 513 g/mol. The fourth-order valence-electron chi connectivity index (χ4n) is 3.96. The Balaban J connectivity index is -0.00000110. The summed E-state index contributed by atoms with van der Waals surface area (Å²) in [5.41, 5.74) is 0. The average molecular weight is 576 g/mol. The summed E-state index contributed by atoms with van der Waals surface area (Å²) >= 11 is 0. The van der Waals surface area contributed by atoms with Gasteiger partial charge < -0.3 is 24.5 Å². The molecule has 0 bridgehead atoms. The minimum absolute atomic E-state index is 0. The van der Waals surface area contributed by atoms with Crippen molar-refractivity contribution in [2.24, 2.45) is 0 Å². The van der Waals surface area contributed by atoms with Crippen molar-refractivity contribution in [3.05, 3.63) is 0 Å². The molecule has 228 valence electrons. The van der Waals surface area contributed by atoms with Crippen LogP contribution in [-0.2, 0) is 18.9 Å².